The summed E-state index contributed by atoms with van der Waals surface area (Å²) in [5, 5.41) is 9.09. The van der Waals surface area contributed by atoms with Gasteiger partial charge in [-0.25, -0.2) is 0 Å². The molecule has 0 radical (unpaired) electrons. The van der Waals surface area contributed by atoms with E-state index >= 15 is 0 Å². The predicted octanol–water partition coefficient (Wildman–Crippen LogP) is 2.84. The molecule has 2 atom stereocenters. The number of carbonyl (C=O) groups is 1. The Morgan fingerprint density at radius 1 is 1.39 bits per heavy atom. The van der Waals surface area contributed by atoms with Crippen LogP contribution in [0.5, 0.6) is 0 Å². The van der Waals surface area contributed by atoms with E-state index in [2.05, 4.69) is 10.6 Å². The van der Waals surface area contributed by atoms with Crippen molar-refractivity contribution in [2.24, 2.45) is 0 Å². The minimum absolute atomic E-state index is 0. The van der Waals surface area contributed by atoms with Crippen molar-refractivity contribution < 1.29 is 4.79 Å². The van der Waals surface area contributed by atoms with Gasteiger partial charge in [-0.05, 0) is 37.1 Å². The third-order valence-corrected chi connectivity index (χ3v) is 4.97. The summed E-state index contributed by atoms with van der Waals surface area (Å²) >= 11 is 7.36. The first-order valence-electron chi connectivity index (χ1n) is 6.02. The lowest BCUT2D eigenvalue weighted by atomic mass is 10.00. The van der Waals surface area contributed by atoms with Crippen molar-refractivity contribution in [3.8, 4) is 0 Å². The van der Waals surface area contributed by atoms with Crippen molar-refractivity contribution in [3.63, 3.8) is 0 Å². The average molecular weight is 307 g/mol. The van der Waals surface area contributed by atoms with Gasteiger partial charge >= 0.3 is 0 Å². The van der Waals surface area contributed by atoms with Crippen LogP contribution in [-0.4, -0.2) is 24.0 Å². The molecule has 6 heteroatoms. The molecule has 2 aliphatic heterocycles. The zero-order chi connectivity index (χ0) is 11.8. The van der Waals surface area contributed by atoms with Gasteiger partial charge in [0.15, 0.2) is 0 Å². The number of fused-ring (bicyclic) bond motifs is 2. The molecular formula is C12H16Cl2N2OS. The Morgan fingerprint density at radius 2 is 2.06 bits per heavy atom. The fourth-order valence-corrected chi connectivity index (χ4v) is 3.93. The summed E-state index contributed by atoms with van der Waals surface area (Å²) in [7, 11) is 0. The molecule has 0 aromatic carbocycles. The summed E-state index contributed by atoms with van der Waals surface area (Å²) in [5.41, 5.74) is 0. The molecule has 1 aromatic rings. The van der Waals surface area contributed by atoms with Crippen LogP contribution in [0.4, 0.5) is 0 Å². The third-order valence-electron chi connectivity index (χ3n) is 3.63. The molecule has 3 nitrogen and oxygen atoms in total. The van der Waals surface area contributed by atoms with E-state index in [-0.39, 0.29) is 18.3 Å². The molecule has 18 heavy (non-hydrogen) atoms. The van der Waals surface area contributed by atoms with E-state index < -0.39 is 0 Å². The molecule has 1 aromatic heterocycles. The van der Waals surface area contributed by atoms with E-state index in [1.807, 2.05) is 5.38 Å². The Labute approximate surface area is 122 Å². The van der Waals surface area contributed by atoms with Gasteiger partial charge in [0, 0.05) is 18.1 Å². The smallest absolute Gasteiger partial charge is 0.263 e. The summed E-state index contributed by atoms with van der Waals surface area (Å²) in [4.78, 5) is 12.7. The number of amides is 1. The van der Waals surface area contributed by atoms with Gasteiger partial charge in [0.05, 0.1) is 5.02 Å². The second-order valence-electron chi connectivity index (χ2n) is 4.88. The van der Waals surface area contributed by atoms with Crippen LogP contribution in [0.25, 0.3) is 0 Å². The molecule has 2 unspecified atom stereocenters. The number of carbonyl (C=O) groups excluding carboxylic acids is 1. The van der Waals surface area contributed by atoms with Crippen LogP contribution < -0.4 is 10.6 Å². The highest BCUT2D eigenvalue weighted by Gasteiger charge is 2.34. The van der Waals surface area contributed by atoms with E-state index in [1.54, 1.807) is 6.07 Å². The molecule has 2 fully saturated rings. The first-order valence-corrected chi connectivity index (χ1v) is 7.28. The fraction of sp³-hybridized carbons (Fsp3) is 0.583. The molecule has 1 amide bonds. The molecular weight excluding hydrogens is 291 g/mol. The Balaban J connectivity index is 0.00000120. The van der Waals surface area contributed by atoms with Crippen LogP contribution in [0.15, 0.2) is 11.4 Å². The lowest BCUT2D eigenvalue weighted by molar-refractivity contribution is 0.0928. The monoisotopic (exact) mass is 306 g/mol. The second-order valence-corrected chi connectivity index (χ2v) is 6.20. The van der Waals surface area contributed by atoms with Crippen molar-refractivity contribution in [1.82, 2.24) is 10.6 Å². The van der Waals surface area contributed by atoms with Crippen molar-refractivity contribution in [2.45, 2.75) is 43.8 Å². The summed E-state index contributed by atoms with van der Waals surface area (Å²) in [6.07, 6.45) is 4.59. The standard InChI is InChI=1S/C12H15ClN2OS.ClH/c13-10-3-4-17-11(10)12(16)15-9-5-7-1-2-8(6-9)14-7;/h3-4,7-9,14H,1-2,5-6H2,(H,15,16);1H. The topological polar surface area (TPSA) is 41.1 Å². The first kappa shape index (κ1) is 14.1. The van der Waals surface area contributed by atoms with E-state index in [9.17, 15) is 4.79 Å². The Hall–Kier alpha value is -0.290. The zero-order valence-electron chi connectivity index (χ0n) is 9.82. The van der Waals surface area contributed by atoms with E-state index in [0.717, 1.165) is 12.8 Å². The summed E-state index contributed by atoms with van der Waals surface area (Å²) in [6.45, 7) is 0. The van der Waals surface area contributed by atoms with Crippen molar-refractivity contribution in [1.29, 1.82) is 0 Å². The highest BCUT2D eigenvalue weighted by atomic mass is 35.5. The average Bonchev–Trinajstić information content (AvgIpc) is 2.85. The van der Waals surface area contributed by atoms with Crippen LogP contribution in [0.3, 0.4) is 0 Å². The van der Waals surface area contributed by atoms with Gasteiger partial charge in [0.2, 0.25) is 0 Å². The molecule has 2 N–H and O–H groups in total. The molecule has 2 aliphatic rings. The van der Waals surface area contributed by atoms with E-state index in [0.29, 0.717) is 28.0 Å². The minimum atomic E-state index is -0.0173. The Bertz CT molecular complexity index is 425. The number of halogens is 2. The Kier molecular flexibility index (Phi) is 4.54. The van der Waals surface area contributed by atoms with Gasteiger partial charge in [-0.2, -0.15) is 0 Å². The normalized spacial score (nSPS) is 29.7. The number of nitrogens with one attached hydrogen (secondary N) is 2. The molecule has 2 bridgehead atoms. The lowest BCUT2D eigenvalue weighted by Crippen LogP contribution is -2.47. The van der Waals surface area contributed by atoms with Crippen molar-refractivity contribution in [3.05, 3.63) is 21.3 Å². The maximum Gasteiger partial charge on any atom is 0.263 e. The number of hydrogen-bond donors (Lipinski definition) is 2. The van der Waals surface area contributed by atoms with Gasteiger partial charge in [-0.1, -0.05) is 11.6 Å². The van der Waals surface area contributed by atoms with Crippen molar-refractivity contribution >= 4 is 41.3 Å². The summed E-state index contributed by atoms with van der Waals surface area (Å²) < 4.78 is 0. The van der Waals surface area contributed by atoms with Gasteiger partial charge in [-0.15, -0.1) is 23.7 Å². The molecule has 100 valence electrons. The maximum atomic E-state index is 12.0. The molecule has 3 heterocycles. The quantitative estimate of drug-likeness (QED) is 0.882. The van der Waals surface area contributed by atoms with Crippen LogP contribution in [0, 0.1) is 0 Å². The van der Waals surface area contributed by atoms with Crippen LogP contribution in [0.2, 0.25) is 5.02 Å². The number of hydrogen-bond acceptors (Lipinski definition) is 3. The lowest BCUT2D eigenvalue weighted by Gasteiger charge is -2.29. The summed E-state index contributed by atoms with van der Waals surface area (Å²) in [6, 6.07) is 3.27. The second kappa shape index (κ2) is 5.78. The van der Waals surface area contributed by atoms with Gasteiger partial charge in [-0.3, -0.25) is 4.79 Å². The molecule has 0 spiro atoms. The third kappa shape index (κ3) is 2.82. The van der Waals surface area contributed by atoms with Crippen molar-refractivity contribution in [2.75, 3.05) is 0 Å². The highest BCUT2D eigenvalue weighted by molar-refractivity contribution is 7.12. The number of rotatable bonds is 2. The van der Waals surface area contributed by atoms with Gasteiger partial charge < -0.3 is 10.6 Å². The van der Waals surface area contributed by atoms with Gasteiger partial charge in [0.25, 0.3) is 5.91 Å². The van der Waals surface area contributed by atoms with Crippen LogP contribution >= 0.6 is 35.3 Å². The summed E-state index contributed by atoms with van der Waals surface area (Å²) in [5.74, 6) is -0.0173. The number of thiophene rings is 1. The van der Waals surface area contributed by atoms with Gasteiger partial charge in [0.1, 0.15) is 4.88 Å². The SMILES string of the molecule is Cl.O=C(NC1CC2CCC(C1)N2)c1sccc1Cl. The molecule has 0 aliphatic carbocycles. The predicted molar refractivity (Wildman–Crippen MR) is 77.0 cm³/mol. The highest BCUT2D eigenvalue weighted by Crippen LogP contribution is 2.28. The first-order chi connectivity index (χ1) is 8.22. The molecule has 0 saturated carbocycles. The zero-order valence-corrected chi connectivity index (χ0v) is 12.2. The number of piperidine rings is 1. The molecule has 2 saturated heterocycles. The largest absolute Gasteiger partial charge is 0.348 e. The van der Waals surface area contributed by atoms with E-state index in [4.69, 9.17) is 11.6 Å². The molecule has 3 rings (SSSR count). The minimum Gasteiger partial charge on any atom is -0.348 e. The maximum absolute atomic E-state index is 12.0. The Morgan fingerprint density at radius 3 is 2.61 bits per heavy atom. The van der Waals surface area contributed by atoms with Crippen LogP contribution in [0.1, 0.15) is 35.4 Å². The fourth-order valence-electron chi connectivity index (χ4n) is 2.88. The van der Waals surface area contributed by atoms with E-state index in [1.165, 1.54) is 24.2 Å². The van der Waals surface area contributed by atoms with Crippen LogP contribution in [-0.2, 0) is 0 Å².